The highest BCUT2D eigenvalue weighted by atomic mass is 16.6. The van der Waals surface area contributed by atoms with E-state index in [1.165, 1.54) is 12.1 Å². The Kier molecular flexibility index (Phi) is 4.75. The predicted molar refractivity (Wildman–Crippen MR) is 78.3 cm³/mol. The molecule has 7 heteroatoms. The van der Waals surface area contributed by atoms with E-state index in [0.29, 0.717) is 25.8 Å². The van der Waals surface area contributed by atoms with E-state index in [4.69, 9.17) is 0 Å². The highest BCUT2D eigenvalue weighted by molar-refractivity contribution is 5.85. The van der Waals surface area contributed by atoms with Crippen LogP contribution in [0, 0.1) is 15.5 Å². The molecule has 1 aromatic carbocycles. The number of non-ortho nitro benzene ring substituents is 1. The summed E-state index contributed by atoms with van der Waals surface area (Å²) in [6.07, 6.45) is 2.52. The minimum Gasteiger partial charge on any atom is -0.481 e. The maximum Gasteiger partial charge on any atom is 0.310 e. The van der Waals surface area contributed by atoms with E-state index < -0.39 is 16.3 Å². The fourth-order valence-electron chi connectivity index (χ4n) is 2.57. The van der Waals surface area contributed by atoms with Crippen molar-refractivity contribution in [1.29, 1.82) is 0 Å². The molecule has 0 spiro atoms. The molecule has 1 aromatic rings. The Bertz CT molecular complexity index is 578. The van der Waals surface area contributed by atoms with Crippen molar-refractivity contribution in [2.75, 3.05) is 6.54 Å². The number of carbonyl (C=O) groups excluding carboxylic acids is 1. The van der Waals surface area contributed by atoms with E-state index in [9.17, 15) is 24.8 Å². The highest BCUT2D eigenvalue weighted by Crippen LogP contribution is 2.44. The quantitative estimate of drug-likeness (QED) is 0.590. The Morgan fingerprint density at radius 3 is 2.36 bits per heavy atom. The lowest BCUT2D eigenvalue weighted by Gasteiger charge is -2.36. The van der Waals surface area contributed by atoms with Gasteiger partial charge in [-0.2, -0.15) is 0 Å². The summed E-state index contributed by atoms with van der Waals surface area (Å²) >= 11 is 0. The number of aliphatic carboxylic acids is 1. The summed E-state index contributed by atoms with van der Waals surface area (Å²) in [6.45, 7) is 0.381. The van der Waals surface area contributed by atoms with Crippen molar-refractivity contribution in [3.05, 3.63) is 39.9 Å². The van der Waals surface area contributed by atoms with E-state index in [2.05, 4.69) is 5.32 Å². The van der Waals surface area contributed by atoms with Crippen molar-refractivity contribution in [3.63, 3.8) is 0 Å². The largest absolute Gasteiger partial charge is 0.481 e. The van der Waals surface area contributed by atoms with Crippen LogP contribution < -0.4 is 5.32 Å². The van der Waals surface area contributed by atoms with Gasteiger partial charge >= 0.3 is 5.97 Å². The average molecular weight is 306 g/mol. The molecule has 1 fully saturated rings. The summed E-state index contributed by atoms with van der Waals surface area (Å²) in [5, 5.41) is 22.4. The Morgan fingerprint density at radius 1 is 1.27 bits per heavy atom. The second-order valence-electron chi connectivity index (χ2n) is 5.64. The molecule has 0 bridgehead atoms. The number of nitro benzene ring substituents is 1. The van der Waals surface area contributed by atoms with Gasteiger partial charge in [-0.3, -0.25) is 19.7 Å². The summed E-state index contributed by atoms with van der Waals surface area (Å²) < 4.78 is 0. The lowest BCUT2D eigenvalue weighted by Crippen LogP contribution is -2.42. The molecule has 118 valence electrons. The normalized spacial score (nSPS) is 15.6. The third-order valence-corrected chi connectivity index (χ3v) is 4.15. The number of rotatable bonds is 7. The van der Waals surface area contributed by atoms with E-state index in [1.54, 1.807) is 12.1 Å². The van der Waals surface area contributed by atoms with Crippen LogP contribution in [0.2, 0.25) is 0 Å². The zero-order valence-corrected chi connectivity index (χ0v) is 12.1. The first-order chi connectivity index (χ1) is 10.4. The smallest absolute Gasteiger partial charge is 0.310 e. The van der Waals surface area contributed by atoms with Gasteiger partial charge in [-0.1, -0.05) is 18.6 Å². The summed E-state index contributed by atoms with van der Waals surface area (Å²) in [7, 11) is 0. The Morgan fingerprint density at radius 2 is 1.91 bits per heavy atom. The lowest BCUT2D eigenvalue weighted by molar-refractivity contribution is -0.384. The van der Waals surface area contributed by atoms with E-state index in [0.717, 1.165) is 12.0 Å². The first-order valence-electron chi connectivity index (χ1n) is 7.16. The van der Waals surface area contributed by atoms with E-state index in [1.807, 2.05) is 0 Å². The molecule has 0 radical (unpaired) electrons. The summed E-state index contributed by atoms with van der Waals surface area (Å²) in [4.78, 5) is 33.1. The number of nitro groups is 1. The zero-order chi connectivity index (χ0) is 16.2. The second-order valence-corrected chi connectivity index (χ2v) is 5.64. The van der Waals surface area contributed by atoms with Gasteiger partial charge in [0.25, 0.3) is 5.69 Å². The maximum atomic E-state index is 11.8. The molecule has 0 aromatic heterocycles. The minimum absolute atomic E-state index is 0.0165. The van der Waals surface area contributed by atoms with Gasteiger partial charge in [-0.05, 0) is 24.8 Å². The fraction of sp³-hybridized carbons (Fsp3) is 0.467. The van der Waals surface area contributed by atoms with E-state index in [-0.39, 0.29) is 18.0 Å². The summed E-state index contributed by atoms with van der Waals surface area (Å²) in [6, 6.07) is 6.14. The number of carboxylic acid groups (broad SMARTS) is 1. The Balaban J connectivity index is 1.77. The van der Waals surface area contributed by atoms with Gasteiger partial charge in [0.2, 0.25) is 5.91 Å². The molecule has 0 atom stereocenters. The molecule has 7 nitrogen and oxygen atoms in total. The maximum absolute atomic E-state index is 11.8. The second kappa shape index (κ2) is 6.55. The number of nitrogens with zero attached hydrogens (tertiary/aromatic N) is 1. The molecule has 0 heterocycles. The van der Waals surface area contributed by atoms with Crippen molar-refractivity contribution in [1.82, 2.24) is 5.32 Å². The van der Waals surface area contributed by atoms with Crippen LogP contribution in [0.15, 0.2) is 24.3 Å². The molecule has 1 aliphatic carbocycles. The van der Waals surface area contributed by atoms with Gasteiger partial charge in [0.15, 0.2) is 0 Å². The molecule has 2 N–H and O–H groups in total. The van der Waals surface area contributed by atoms with Gasteiger partial charge in [0, 0.05) is 25.1 Å². The molecule has 0 aliphatic heterocycles. The Hall–Kier alpha value is -2.44. The van der Waals surface area contributed by atoms with Gasteiger partial charge in [-0.15, -0.1) is 0 Å². The number of carboxylic acids is 1. The van der Waals surface area contributed by atoms with Gasteiger partial charge in [0.1, 0.15) is 0 Å². The molecule has 1 saturated carbocycles. The first kappa shape index (κ1) is 15.9. The van der Waals surface area contributed by atoms with Crippen LogP contribution in [-0.2, 0) is 16.0 Å². The van der Waals surface area contributed by atoms with Crippen molar-refractivity contribution in [2.24, 2.45) is 5.41 Å². The molecular weight excluding hydrogens is 288 g/mol. The van der Waals surface area contributed by atoms with Crippen LogP contribution in [-0.4, -0.2) is 28.5 Å². The van der Waals surface area contributed by atoms with Crippen molar-refractivity contribution >= 4 is 17.6 Å². The third-order valence-electron chi connectivity index (χ3n) is 4.15. The first-order valence-corrected chi connectivity index (χ1v) is 7.16. The topological polar surface area (TPSA) is 110 Å². The third kappa shape index (κ3) is 3.60. The van der Waals surface area contributed by atoms with Crippen LogP contribution in [0.3, 0.4) is 0 Å². The molecule has 2 rings (SSSR count). The van der Waals surface area contributed by atoms with Gasteiger partial charge in [0.05, 0.1) is 10.3 Å². The molecular formula is C15H18N2O5. The van der Waals surface area contributed by atoms with Crippen LogP contribution >= 0.6 is 0 Å². The average Bonchev–Trinajstić information content (AvgIpc) is 2.43. The zero-order valence-electron chi connectivity index (χ0n) is 12.1. The highest BCUT2D eigenvalue weighted by Gasteiger charge is 2.45. The predicted octanol–water partition coefficient (Wildman–Crippen LogP) is 1.90. The Labute approximate surface area is 127 Å². The van der Waals surface area contributed by atoms with Gasteiger partial charge in [-0.25, -0.2) is 0 Å². The van der Waals surface area contributed by atoms with Crippen LogP contribution in [0.1, 0.15) is 31.2 Å². The number of benzene rings is 1. The molecule has 0 unspecified atom stereocenters. The van der Waals surface area contributed by atoms with Crippen molar-refractivity contribution in [3.8, 4) is 0 Å². The number of carbonyl (C=O) groups is 2. The van der Waals surface area contributed by atoms with E-state index >= 15 is 0 Å². The number of hydrogen-bond donors (Lipinski definition) is 2. The molecule has 0 saturated heterocycles. The van der Waals surface area contributed by atoms with Crippen LogP contribution in [0.5, 0.6) is 0 Å². The van der Waals surface area contributed by atoms with Gasteiger partial charge < -0.3 is 10.4 Å². The standard InChI is InChI=1S/C15H18N2O5/c18-13(10-15(14(19)20)7-1-8-15)16-9-6-11-2-4-12(5-3-11)17(21)22/h2-5H,1,6-10H2,(H,16,18)(H,19,20). The fourth-order valence-corrected chi connectivity index (χ4v) is 2.57. The molecule has 1 aliphatic rings. The number of hydrogen-bond acceptors (Lipinski definition) is 4. The summed E-state index contributed by atoms with van der Waals surface area (Å²) in [5.41, 5.74) is 0.0286. The van der Waals surface area contributed by atoms with Crippen molar-refractivity contribution in [2.45, 2.75) is 32.1 Å². The monoisotopic (exact) mass is 306 g/mol. The van der Waals surface area contributed by atoms with Crippen molar-refractivity contribution < 1.29 is 19.6 Å². The SMILES string of the molecule is O=C(CC1(C(=O)O)CCC1)NCCc1ccc([N+](=O)[O-])cc1. The summed E-state index contributed by atoms with van der Waals surface area (Å²) in [5.74, 6) is -1.16. The lowest BCUT2D eigenvalue weighted by atomic mass is 9.66. The number of nitrogens with one attached hydrogen (secondary N) is 1. The molecule has 1 amide bonds. The number of amides is 1. The minimum atomic E-state index is -0.899. The van der Waals surface area contributed by atoms with Crippen LogP contribution in [0.4, 0.5) is 5.69 Å². The molecule has 22 heavy (non-hydrogen) atoms. The van der Waals surface area contributed by atoms with Crippen LogP contribution in [0.25, 0.3) is 0 Å².